The third kappa shape index (κ3) is 3.66. The number of halogens is 1. The lowest BCUT2D eigenvalue weighted by atomic mass is 10.0. The van der Waals surface area contributed by atoms with Crippen LogP contribution in [0.2, 0.25) is 0 Å². The van der Waals surface area contributed by atoms with Gasteiger partial charge in [-0.25, -0.2) is 0 Å². The van der Waals surface area contributed by atoms with Crippen LogP contribution in [0.1, 0.15) is 37.7 Å². The molecule has 0 saturated carbocycles. The third-order valence-electron chi connectivity index (χ3n) is 3.62. The van der Waals surface area contributed by atoms with Gasteiger partial charge >= 0.3 is 0 Å². The molecule has 2 heterocycles. The van der Waals surface area contributed by atoms with Gasteiger partial charge in [0.1, 0.15) is 11.2 Å². The number of amides is 2. The zero-order valence-electron chi connectivity index (χ0n) is 14.1. The number of anilines is 1. The van der Waals surface area contributed by atoms with E-state index in [1.165, 1.54) is 10.9 Å². The Hall–Kier alpha value is -2.16. The van der Waals surface area contributed by atoms with Crippen LogP contribution < -0.4 is 10.6 Å². The summed E-state index contributed by atoms with van der Waals surface area (Å²) in [6.07, 6.45) is 5.63. The largest absolute Gasteiger partial charge is 0.351 e. The van der Waals surface area contributed by atoms with Crippen molar-refractivity contribution in [3.8, 4) is 0 Å². The molecule has 2 N–H and O–H groups in total. The molecule has 2 aromatic rings. The number of aromatic nitrogens is 4. The summed E-state index contributed by atoms with van der Waals surface area (Å²) in [6, 6.07) is 0. The fourth-order valence-corrected chi connectivity index (χ4v) is 2.39. The van der Waals surface area contributed by atoms with E-state index in [-0.39, 0.29) is 11.8 Å². The van der Waals surface area contributed by atoms with Crippen LogP contribution >= 0.6 is 15.9 Å². The van der Waals surface area contributed by atoms with Crippen LogP contribution in [0, 0.1) is 0 Å². The summed E-state index contributed by atoms with van der Waals surface area (Å²) in [4.78, 5) is 24.9. The van der Waals surface area contributed by atoms with Gasteiger partial charge in [-0.1, -0.05) is 6.92 Å². The Morgan fingerprint density at radius 3 is 2.58 bits per heavy atom. The minimum Gasteiger partial charge on any atom is -0.351 e. The smallest absolute Gasteiger partial charge is 0.271 e. The maximum atomic E-state index is 12.7. The number of rotatable bonds is 6. The molecule has 0 atom stereocenters. The van der Waals surface area contributed by atoms with Crippen molar-refractivity contribution in [2.45, 2.75) is 32.7 Å². The van der Waals surface area contributed by atoms with E-state index in [4.69, 9.17) is 0 Å². The Balaban J connectivity index is 2.22. The quantitative estimate of drug-likeness (QED) is 0.779. The predicted molar refractivity (Wildman–Crippen MR) is 93.7 cm³/mol. The van der Waals surface area contributed by atoms with Gasteiger partial charge in [-0.15, -0.1) is 0 Å². The summed E-state index contributed by atoms with van der Waals surface area (Å²) in [7, 11) is 1.66. The first-order valence-electron chi connectivity index (χ1n) is 7.59. The molecule has 0 unspecified atom stereocenters. The van der Waals surface area contributed by atoms with E-state index in [1.807, 2.05) is 6.92 Å². The van der Waals surface area contributed by atoms with Crippen molar-refractivity contribution in [3.63, 3.8) is 0 Å². The standard InChI is InChI=1S/C15H21BrN6O2/c1-5-6-17-13(23)12-11(8-18-21(12)4)20-14(24)15(2,3)22-9-10(16)7-19-22/h7-9H,5-6H2,1-4H3,(H,17,23)(H,20,24). The van der Waals surface area contributed by atoms with Crippen LogP contribution in [0.5, 0.6) is 0 Å². The molecular formula is C15H21BrN6O2. The van der Waals surface area contributed by atoms with Gasteiger partial charge in [0.25, 0.3) is 11.8 Å². The molecule has 2 rings (SSSR count). The Bertz CT molecular complexity index is 749. The number of hydrogen-bond acceptors (Lipinski definition) is 4. The first-order valence-corrected chi connectivity index (χ1v) is 8.39. The van der Waals surface area contributed by atoms with Crippen LogP contribution in [0.3, 0.4) is 0 Å². The normalized spacial score (nSPS) is 11.4. The fourth-order valence-electron chi connectivity index (χ4n) is 2.11. The zero-order valence-corrected chi connectivity index (χ0v) is 15.7. The van der Waals surface area contributed by atoms with Gasteiger partial charge in [0.05, 0.1) is 22.6 Å². The first-order chi connectivity index (χ1) is 11.3. The third-order valence-corrected chi connectivity index (χ3v) is 4.03. The van der Waals surface area contributed by atoms with E-state index in [0.29, 0.717) is 17.9 Å². The Labute approximate surface area is 148 Å². The van der Waals surface area contributed by atoms with Gasteiger partial charge in [0.2, 0.25) is 0 Å². The van der Waals surface area contributed by atoms with Crippen molar-refractivity contribution in [1.82, 2.24) is 24.9 Å². The minimum absolute atomic E-state index is 0.271. The van der Waals surface area contributed by atoms with Gasteiger partial charge in [0.15, 0.2) is 0 Å². The molecule has 0 aromatic carbocycles. The Kier molecular flexibility index (Phi) is 5.43. The second-order valence-corrected chi connectivity index (χ2v) is 6.82. The van der Waals surface area contributed by atoms with Gasteiger partial charge in [-0.05, 0) is 36.2 Å². The van der Waals surface area contributed by atoms with E-state index >= 15 is 0 Å². The molecule has 0 aliphatic carbocycles. The molecule has 0 radical (unpaired) electrons. The van der Waals surface area contributed by atoms with E-state index < -0.39 is 5.54 Å². The highest BCUT2D eigenvalue weighted by Crippen LogP contribution is 2.21. The van der Waals surface area contributed by atoms with Crippen molar-refractivity contribution < 1.29 is 9.59 Å². The molecule has 0 bridgehead atoms. The highest BCUT2D eigenvalue weighted by Gasteiger charge is 2.32. The minimum atomic E-state index is -0.932. The molecule has 2 amide bonds. The SMILES string of the molecule is CCCNC(=O)c1c(NC(=O)C(C)(C)n2cc(Br)cn2)cnn1C. The highest BCUT2D eigenvalue weighted by molar-refractivity contribution is 9.10. The highest BCUT2D eigenvalue weighted by atomic mass is 79.9. The number of carbonyl (C=O) groups excluding carboxylic acids is 2. The van der Waals surface area contributed by atoms with Gasteiger partial charge in [-0.3, -0.25) is 19.0 Å². The van der Waals surface area contributed by atoms with Crippen molar-refractivity contribution >= 4 is 33.4 Å². The monoisotopic (exact) mass is 396 g/mol. The molecular weight excluding hydrogens is 376 g/mol. The maximum Gasteiger partial charge on any atom is 0.271 e. The van der Waals surface area contributed by atoms with Crippen molar-refractivity contribution in [1.29, 1.82) is 0 Å². The van der Waals surface area contributed by atoms with Crippen LogP contribution in [0.15, 0.2) is 23.1 Å². The average Bonchev–Trinajstić information content (AvgIpc) is 3.11. The number of hydrogen-bond donors (Lipinski definition) is 2. The second-order valence-electron chi connectivity index (χ2n) is 5.90. The van der Waals surface area contributed by atoms with Crippen LogP contribution in [0.4, 0.5) is 5.69 Å². The molecule has 0 spiro atoms. The summed E-state index contributed by atoms with van der Waals surface area (Å²) in [5.74, 6) is -0.567. The first kappa shape index (κ1) is 18.2. The summed E-state index contributed by atoms with van der Waals surface area (Å²) < 4.78 is 3.78. The molecule has 0 saturated heterocycles. The predicted octanol–water partition coefficient (Wildman–Crippen LogP) is 1.89. The molecule has 130 valence electrons. The molecule has 24 heavy (non-hydrogen) atoms. The van der Waals surface area contributed by atoms with Gasteiger partial charge in [-0.2, -0.15) is 10.2 Å². The second kappa shape index (κ2) is 7.16. The van der Waals surface area contributed by atoms with Gasteiger partial charge in [0, 0.05) is 19.8 Å². The summed E-state index contributed by atoms with van der Waals surface area (Å²) in [6.45, 7) is 6.02. The van der Waals surface area contributed by atoms with Gasteiger partial charge < -0.3 is 10.6 Å². The molecule has 2 aromatic heterocycles. The molecule has 9 heteroatoms. The van der Waals surface area contributed by atoms with Crippen molar-refractivity contribution in [3.05, 3.63) is 28.8 Å². The average molecular weight is 397 g/mol. The number of nitrogens with one attached hydrogen (secondary N) is 2. The van der Waals surface area contributed by atoms with Crippen LogP contribution in [-0.2, 0) is 17.4 Å². The summed E-state index contributed by atoms with van der Waals surface area (Å²) in [5.41, 5.74) is -0.247. The Morgan fingerprint density at radius 1 is 1.29 bits per heavy atom. The zero-order chi connectivity index (χ0) is 17.9. The number of nitrogens with zero attached hydrogens (tertiary/aromatic N) is 4. The van der Waals surface area contributed by atoms with E-state index in [1.54, 1.807) is 38.0 Å². The van der Waals surface area contributed by atoms with Crippen molar-refractivity contribution in [2.75, 3.05) is 11.9 Å². The molecule has 8 nitrogen and oxygen atoms in total. The molecule has 0 aliphatic heterocycles. The lowest BCUT2D eigenvalue weighted by molar-refractivity contribution is -0.123. The van der Waals surface area contributed by atoms with Crippen LogP contribution in [-0.4, -0.2) is 37.9 Å². The summed E-state index contributed by atoms with van der Waals surface area (Å²) in [5, 5.41) is 13.8. The number of aryl methyl sites for hydroxylation is 1. The van der Waals surface area contributed by atoms with Crippen molar-refractivity contribution in [2.24, 2.45) is 7.05 Å². The molecule has 0 fully saturated rings. The van der Waals surface area contributed by atoms with E-state index in [9.17, 15) is 9.59 Å². The topological polar surface area (TPSA) is 93.8 Å². The summed E-state index contributed by atoms with van der Waals surface area (Å²) >= 11 is 3.32. The Morgan fingerprint density at radius 2 is 2.00 bits per heavy atom. The molecule has 0 aliphatic rings. The van der Waals surface area contributed by atoms with E-state index in [2.05, 4.69) is 36.8 Å². The lowest BCUT2D eigenvalue weighted by Crippen LogP contribution is -2.41. The van der Waals surface area contributed by atoms with E-state index in [0.717, 1.165) is 10.9 Å². The lowest BCUT2D eigenvalue weighted by Gasteiger charge is -2.24. The van der Waals surface area contributed by atoms with Crippen LogP contribution in [0.25, 0.3) is 0 Å². The maximum absolute atomic E-state index is 12.7. The number of carbonyl (C=O) groups is 2. The fraction of sp³-hybridized carbons (Fsp3) is 0.467.